The molecule has 0 amide bonds. The largest absolute Gasteiger partial charge is 1.00 e. The quantitative estimate of drug-likeness (QED) is 0.416. The fraction of sp³-hybridized carbons (Fsp3) is 0.714. The van der Waals surface area contributed by atoms with Gasteiger partial charge in [0.2, 0.25) is 0 Å². The van der Waals surface area contributed by atoms with Crippen LogP contribution in [0.1, 0.15) is 60.8 Å². The second-order valence-electron chi connectivity index (χ2n) is 7.89. The van der Waals surface area contributed by atoms with Crippen molar-refractivity contribution in [3.05, 3.63) is 12.1 Å². The van der Waals surface area contributed by atoms with Crippen LogP contribution < -0.4 is 38.4 Å². The van der Waals surface area contributed by atoms with Crippen molar-refractivity contribution in [2.75, 3.05) is 19.8 Å². The molecule has 26 heavy (non-hydrogen) atoms. The summed E-state index contributed by atoms with van der Waals surface area (Å²) in [6.45, 7) is 15.3. The first-order valence-corrected chi connectivity index (χ1v) is 10.1. The van der Waals surface area contributed by atoms with E-state index < -0.39 is 0 Å². The molecule has 5 heteroatoms. The molecule has 0 bridgehead atoms. The standard InChI is InChI=1S/C21H36O3P.Li/c1-15(2)7-10-22-18-13-19(23-11-8-16(3)4)21(25)20(14-18)24-12-9-17(5)6;/h13-17,25H,7-12H2,1-6H3;/q-1;+1. The smallest absolute Gasteiger partial charge is 0.517 e. The van der Waals surface area contributed by atoms with E-state index in [2.05, 4.69) is 50.8 Å². The Morgan fingerprint density at radius 3 is 1.38 bits per heavy atom. The third kappa shape index (κ3) is 10.7. The number of ether oxygens (including phenoxy) is 3. The molecule has 0 atom stereocenters. The van der Waals surface area contributed by atoms with Crippen molar-refractivity contribution >= 4 is 14.5 Å². The Kier molecular flexibility index (Phi) is 13.6. The average molecular weight is 374 g/mol. The van der Waals surface area contributed by atoms with Crippen molar-refractivity contribution in [1.29, 1.82) is 0 Å². The van der Waals surface area contributed by atoms with E-state index in [0.29, 0.717) is 37.6 Å². The SMILES string of the molecule is CC(C)CCOc1cc(OCCC(C)C)c([PH-])c(OCCC(C)C)c1.[Li+]. The summed E-state index contributed by atoms with van der Waals surface area (Å²) in [5.74, 6) is 4.24. The normalized spacial score (nSPS) is 11.0. The number of benzene rings is 1. The number of hydrogen-bond donors (Lipinski definition) is 0. The van der Waals surface area contributed by atoms with Crippen LogP contribution >= 0.6 is 9.24 Å². The second-order valence-corrected chi connectivity index (χ2v) is 8.39. The molecule has 0 aromatic heterocycles. The molecule has 0 heterocycles. The van der Waals surface area contributed by atoms with Gasteiger partial charge in [-0.1, -0.05) is 41.5 Å². The first-order valence-electron chi connectivity index (χ1n) is 9.57. The molecular formula is C21H36LiO3P. The van der Waals surface area contributed by atoms with Crippen LogP contribution in [-0.2, 0) is 0 Å². The minimum absolute atomic E-state index is 0. The zero-order valence-electron chi connectivity index (χ0n) is 17.9. The first-order chi connectivity index (χ1) is 11.8. The van der Waals surface area contributed by atoms with Gasteiger partial charge in [0.15, 0.2) is 0 Å². The summed E-state index contributed by atoms with van der Waals surface area (Å²) in [6, 6.07) is 3.91. The van der Waals surface area contributed by atoms with E-state index in [1.165, 1.54) is 0 Å². The molecule has 0 saturated heterocycles. The van der Waals surface area contributed by atoms with Crippen LogP contribution in [-0.4, -0.2) is 19.8 Å². The summed E-state index contributed by atoms with van der Waals surface area (Å²) < 4.78 is 17.9. The van der Waals surface area contributed by atoms with Crippen molar-refractivity contribution in [3.63, 3.8) is 0 Å². The molecule has 1 aromatic carbocycles. The fourth-order valence-corrected chi connectivity index (χ4v) is 2.39. The van der Waals surface area contributed by atoms with Crippen molar-refractivity contribution in [2.45, 2.75) is 60.8 Å². The van der Waals surface area contributed by atoms with Crippen LogP contribution in [0.3, 0.4) is 0 Å². The van der Waals surface area contributed by atoms with E-state index in [4.69, 9.17) is 14.2 Å². The van der Waals surface area contributed by atoms with Gasteiger partial charge in [0.05, 0.1) is 31.3 Å². The maximum atomic E-state index is 5.98. The van der Waals surface area contributed by atoms with Gasteiger partial charge >= 0.3 is 18.9 Å². The Labute approximate surface area is 175 Å². The fourth-order valence-electron chi connectivity index (χ4n) is 2.10. The van der Waals surface area contributed by atoms with Crippen molar-refractivity contribution < 1.29 is 33.1 Å². The molecule has 0 radical (unpaired) electrons. The van der Waals surface area contributed by atoms with E-state index >= 15 is 0 Å². The van der Waals surface area contributed by atoms with Gasteiger partial charge in [-0.05, 0) is 37.0 Å². The molecule has 0 aliphatic carbocycles. The van der Waals surface area contributed by atoms with E-state index in [0.717, 1.165) is 41.8 Å². The summed E-state index contributed by atoms with van der Waals surface area (Å²) in [5.41, 5.74) is 0. The minimum atomic E-state index is 0. The van der Waals surface area contributed by atoms with Crippen LogP contribution in [0.15, 0.2) is 12.1 Å². The number of hydrogen-bond acceptors (Lipinski definition) is 3. The summed E-state index contributed by atoms with van der Waals surface area (Å²) >= 11 is 0. The van der Waals surface area contributed by atoms with E-state index in [9.17, 15) is 0 Å². The topological polar surface area (TPSA) is 27.7 Å². The molecule has 0 aliphatic heterocycles. The Hall–Kier alpha value is -0.353. The van der Waals surface area contributed by atoms with Gasteiger partial charge in [0.1, 0.15) is 5.75 Å². The van der Waals surface area contributed by atoms with E-state index in [1.54, 1.807) is 0 Å². The molecule has 1 aromatic rings. The predicted molar refractivity (Wildman–Crippen MR) is 109 cm³/mol. The minimum Gasteiger partial charge on any atom is -0.517 e. The first kappa shape index (κ1) is 25.6. The van der Waals surface area contributed by atoms with Gasteiger partial charge in [-0.3, -0.25) is 0 Å². The molecule has 0 unspecified atom stereocenters. The Morgan fingerprint density at radius 2 is 1.04 bits per heavy atom. The van der Waals surface area contributed by atoms with Crippen LogP contribution in [0.25, 0.3) is 0 Å². The van der Waals surface area contributed by atoms with Crippen LogP contribution in [0.5, 0.6) is 17.2 Å². The summed E-state index contributed by atoms with van der Waals surface area (Å²) in [5, 5.41) is 0.865. The third-order valence-corrected chi connectivity index (χ3v) is 4.40. The Morgan fingerprint density at radius 1 is 0.692 bits per heavy atom. The molecule has 144 valence electrons. The molecule has 3 nitrogen and oxygen atoms in total. The molecule has 0 spiro atoms. The number of rotatable bonds is 12. The average Bonchev–Trinajstić information content (AvgIpc) is 2.50. The summed E-state index contributed by atoms with van der Waals surface area (Å²) in [4.78, 5) is 0. The van der Waals surface area contributed by atoms with Gasteiger partial charge in [-0.2, -0.15) is 0 Å². The maximum Gasteiger partial charge on any atom is 1.00 e. The maximum absolute atomic E-state index is 5.98. The van der Waals surface area contributed by atoms with Crippen LogP contribution in [0, 0.1) is 17.8 Å². The van der Waals surface area contributed by atoms with Gasteiger partial charge < -0.3 is 23.5 Å². The molecular weight excluding hydrogens is 338 g/mol. The molecule has 0 aliphatic rings. The van der Waals surface area contributed by atoms with Crippen molar-refractivity contribution in [2.24, 2.45) is 17.8 Å². The Balaban J connectivity index is 0.00000625. The second kappa shape index (κ2) is 13.8. The van der Waals surface area contributed by atoms with Crippen molar-refractivity contribution in [1.82, 2.24) is 0 Å². The van der Waals surface area contributed by atoms with Gasteiger partial charge in [0.25, 0.3) is 0 Å². The van der Waals surface area contributed by atoms with Gasteiger partial charge in [-0.15, -0.1) is 5.30 Å². The monoisotopic (exact) mass is 374 g/mol. The molecule has 1 rings (SSSR count). The summed E-state index contributed by atoms with van der Waals surface area (Å²) in [7, 11) is 3.69. The van der Waals surface area contributed by atoms with Gasteiger partial charge in [0, 0.05) is 12.1 Å². The van der Waals surface area contributed by atoms with E-state index in [1.807, 2.05) is 12.1 Å². The van der Waals surface area contributed by atoms with Crippen LogP contribution in [0.2, 0.25) is 0 Å². The van der Waals surface area contributed by atoms with Gasteiger partial charge in [-0.25, -0.2) is 0 Å². The summed E-state index contributed by atoms with van der Waals surface area (Å²) in [6.07, 6.45) is 3.07. The van der Waals surface area contributed by atoms with Crippen LogP contribution in [0.4, 0.5) is 0 Å². The molecule has 0 N–H and O–H groups in total. The predicted octanol–water partition coefficient (Wildman–Crippen LogP) is 2.73. The molecule has 0 fully saturated rings. The Bertz CT molecular complexity index is 469. The molecule has 0 saturated carbocycles. The van der Waals surface area contributed by atoms with E-state index in [-0.39, 0.29) is 18.9 Å². The van der Waals surface area contributed by atoms with Crippen molar-refractivity contribution in [3.8, 4) is 17.2 Å². The zero-order chi connectivity index (χ0) is 18.8. The third-order valence-electron chi connectivity index (χ3n) is 3.91. The zero-order valence-corrected chi connectivity index (χ0v) is 18.9.